The Bertz CT molecular complexity index is 1300. The SMILES string of the molecule is Cc1nc2c([nH]1)-c1ccc(-c3ccc4c(c3)OCc3nc(C(C)C)[nH]c3-4)cc1OC2. The lowest BCUT2D eigenvalue weighted by Crippen LogP contribution is -2.06. The normalized spacial score (nSPS) is 13.7. The smallest absolute Gasteiger partial charge is 0.132 e. The van der Waals surface area contributed by atoms with Crippen LogP contribution in [-0.4, -0.2) is 19.9 Å². The standard InChI is InChI=1S/C24H22N4O2/c1-12(2)24-27-19-11-30-21-9-15(5-7-17(21)23(19)28-24)14-4-6-16-20(8-14)29-10-18-22(16)26-13(3)25-18/h4-9,12H,10-11H2,1-3H3,(H,25,26)(H,27,28). The third-order valence-corrected chi connectivity index (χ3v) is 5.81. The Kier molecular flexibility index (Phi) is 3.60. The fourth-order valence-corrected chi connectivity index (χ4v) is 4.24. The number of fused-ring (bicyclic) bond motifs is 6. The molecule has 2 aromatic heterocycles. The number of rotatable bonds is 2. The number of benzene rings is 2. The van der Waals surface area contributed by atoms with Crippen LogP contribution in [0.25, 0.3) is 33.6 Å². The summed E-state index contributed by atoms with van der Waals surface area (Å²) in [6, 6.07) is 12.7. The van der Waals surface area contributed by atoms with Gasteiger partial charge in [-0.05, 0) is 42.3 Å². The summed E-state index contributed by atoms with van der Waals surface area (Å²) in [6.07, 6.45) is 0. The molecule has 150 valence electrons. The van der Waals surface area contributed by atoms with Gasteiger partial charge < -0.3 is 19.4 Å². The molecule has 2 aliphatic heterocycles. The van der Waals surface area contributed by atoms with Crippen LogP contribution >= 0.6 is 0 Å². The molecule has 0 amide bonds. The zero-order valence-electron chi connectivity index (χ0n) is 17.2. The molecule has 2 N–H and O–H groups in total. The highest BCUT2D eigenvalue weighted by molar-refractivity contribution is 5.80. The number of aromatic nitrogens is 4. The van der Waals surface area contributed by atoms with E-state index in [1.165, 1.54) is 0 Å². The van der Waals surface area contributed by atoms with Crippen molar-refractivity contribution in [2.75, 3.05) is 0 Å². The summed E-state index contributed by atoms with van der Waals surface area (Å²) in [7, 11) is 0. The van der Waals surface area contributed by atoms with E-state index < -0.39 is 0 Å². The van der Waals surface area contributed by atoms with Gasteiger partial charge in [0.1, 0.15) is 47.7 Å². The van der Waals surface area contributed by atoms with Crippen molar-refractivity contribution < 1.29 is 9.47 Å². The van der Waals surface area contributed by atoms with Gasteiger partial charge in [0, 0.05) is 17.0 Å². The first-order valence-electron chi connectivity index (χ1n) is 10.3. The second-order valence-electron chi connectivity index (χ2n) is 8.24. The van der Waals surface area contributed by atoms with Gasteiger partial charge in [0.15, 0.2) is 0 Å². The minimum Gasteiger partial charge on any atom is -0.486 e. The van der Waals surface area contributed by atoms with Gasteiger partial charge in [0.2, 0.25) is 0 Å². The second-order valence-corrected chi connectivity index (χ2v) is 8.24. The van der Waals surface area contributed by atoms with E-state index in [0.29, 0.717) is 19.1 Å². The molecule has 4 aromatic rings. The number of nitrogens with zero attached hydrogens (tertiary/aromatic N) is 2. The number of hydrogen-bond donors (Lipinski definition) is 2. The average molecular weight is 398 g/mol. The molecule has 0 aliphatic carbocycles. The van der Waals surface area contributed by atoms with Crippen molar-refractivity contribution in [2.45, 2.75) is 39.9 Å². The number of aromatic amines is 2. The van der Waals surface area contributed by atoms with Gasteiger partial charge in [-0.2, -0.15) is 0 Å². The van der Waals surface area contributed by atoms with Crippen LogP contribution in [0.1, 0.15) is 42.8 Å². The Morgan fingerprint density at radius 1 is 0.800 bits per heavy atom. The van der Waals surface area contributed by atoms with E-state index in [9.17, 15) is 0 Å². The number of ether oxygens (including phenoxy) is 2. The summed E-state index contributed by atoms with van der Waals surface area (Å²) in [5.41, 5.74) is 8.38. The Hall–Kier alpha value is -3.54. The fourth-order valence-electron chi connectivity index (χ4n) is 4.24. The van der Waals surface area contributed by atoms with Gasteiger partial charge in [-0.1, -0.05) is 26.0 Å². The maximum Gasteiger partial charge on any atom is 0.132 e. The molecule has 2 aromatic carbocycles. The lowest BCUT2D eigenvalue weighted by atomic mass is 9.97. The quantitative estimate of drug-likeness (QED) is 0.477. The number of hydrogen-bond acceptors (Lipinski definition) is 4. The minimum atomic E-state index is 0.355. The molecule has 30 heavy (non-hydrogen) atoms. The Labute approximate surface area is 174 Å². The molecule has 2 aliphatic rings. The Morgan fingerprint density at radius 3 is 1.97 bits per heavy atom. The van der Waals surface area contributed by atoms with Crippen LogP contribution in [0.3, 0.4) is 0 Å². The van der Waals surface area contributed by atoms with E-state index in [0.717, 1.165) is 68.2 Å². The van der Waals surface area contributed by atoms with Gasteiger partial charge in [-0.25, -0.2) is 9.97 Å². The first-order chi connectivity index (χ1) is 14.6. The lowest BCUT2D eigenvalue weighted by molar-refractivity contribution is 0.297. The van der Waals surface area contributed by atoms with Crippen molar-refractivity contribution in [1.29, 1.82) is 0 Å². The largest absolute Gasteiger partial charge is 0.486 e. The highest BCUT2D eigenvalue weighted by Crippen LogP contribution is 2.42. The zero-order chi connectivity index (χ0) is 20.4. The number of nitrogens with one attached hydrogen (secondary N) is 2. The van der Waals surface area contributed by atoms with Crippen LogP contribution in [0.15, 0.2) is 36.4 Å². The summed E-state index contributed by atoms with van der Waals surface area (Å²) >= 11 is 0. The molecule has 0 bridgehead atoms. The third-order valence-electron chi connectivity index (χ3n) is 5.81. The minimum absolute atomic E-state index is 0.355. The van der Waals surface area contributed by atoms with Crippen molar-refractivity contribution >= 4 is 0 Å². The summed E-state index contributed by atoms with van der Waals surface area (Å²) < 4.78 is 12.0. The maximum absolute atomic E-state index is 6.04. The van der Waals surface area contributed by atoms with Gasteiger partial charge in [0.25, 0.3) is 0 Å². The van der Waals surface area contributed by atoms with Gasteiger partial charge >= 0.3 is 0 Å². The van der Waals surface area contributed by atoms with E-state index >= 15 is 0 Å². The predicted molar refractivity (Wildman–Crippen MR) is 115 cm³/mol. The van der Waals surface area contributed by atoms with Crippen LogP contribution in [-0.2, 0) is 13.2 Å². The van der Waals surface area contributed by atoms with Crippen LogP contribution in [0.4, 0.5) is 0 Å². The molecule has 0 fully saturated rings. The highest BCUT2D eigenvalue weighted by atomic mass is 16.5. The van der Waals surface area contributed by atoms with E-state index in [2.05, 4.69) is 65.2 Å². The third kappa shape index (κ3) is 2.56. The highest BCUT2D eigenvalue weighted by Gasteiger charge is 2.24. The van der Waals surface area contributed by atoms with Crippen molar-refractivity contribution in [1.82, 2.24) is 19.9 Å². The predicted octanol–water partition coefficient (Wildman–Crippen LogP) is 5.35. The second kappa shape index (κ2) is 6.23. The summed E-state index contributed by atoms with van der Waals surface area (Å²) in [6.45, 7) is 7.23. The van der Waals surface area contributed by atoms with E-state index in [1.807, 2.05) is 6.92 Å². The van der Waals surface area contributed by atoms with Gasteiger partial charge in [0.05, 0.1) is 11.4 Å². The molecule has 0 saturated heterocycles. The van der Waals surface area contributed by atoms with Gasteiger partial charge in [-0.15, -0.1) is 0 Å². The molecular formula is C24H22N4O2. The van der Waals surface area contributed by atoms with Crippen molar-refractivity contribution in [3.63, 3.8) is 0 Å². The topological polar surface area (TPSA) is 75.8 Å². The van der Waals surface area contributed by atoms with Crippen molar-refractivity contribution in [3.8, 4) is 45.1 Å². The molecule has 6 nitrogen and oxygen atoms in total. The summed E-state index contributed by atoms with van der Waals surface area (Å²) in [5.74, 6) is 4.02. The van der Waals surface area contributed by atoms with Crippen molar-refractivity contribution in [3.05, 3.63) is 59.4 Å². The summed E-state index contributed by atoms with van der Waals surface area (Å²) in [5, 5.41) is 0. The van der Waals surface area contributed by atoms with Gasteiger partial charge in [-0.3, -0.25) is 0 Å². The zero-order valence-corrected chi connectivity index (χ0v) is 17.2. The molecule has 0 saturated carbocycles. The monoisotopic (exact) mass is 398 g/mol. The Balaban J connectivity index is 1.39. The molecule has 6 rings (SSSR count). The number of aryl methyl sites for hydroxylation is 1. The fraction of sp³-hybridized carbons (Fsp3) is 0.250. The molecule has 0 atom stereocenters. The maximum atomic E-state index is 6.04. The number of imidazole rings is 2. The molecule has 4 heterocycles. The molecule has 0 spiro atoms. The Morgan fingerprint density at radius 2 is 1.37 bits per heavy atom. The van der Waals surface area contributed by atoms with Crippen molar-refractivity contribution in [2.24, 2.45) is 0 Å². The van der Waals surface area contributed by atoms with E-state index in [4.69, 9.17) is 14.5 Å². The van der Waals surface area contributed by atoms with E-state index in [-0.39, 0.29) is 0 Å². The van der Waals surface area contributed by atoms with E-state index in [1.54, 1.807) is 0 Å². The summed E-state index contributed by atoms with van der Waals surface area (Å²) in [4.78, 5) is 16.0. The first kappa shape index (κ1) is 17.3. The molecule has 0 unspecified atom stereocenters. The van der Waals surface area contributed by atoms with Crippen LogP contribution in [0.2, 0.25) is 0 Å². The molecule has 6 heteroatoms. The molecular weight excluding hydrogens is 376 g/mol. The average Bonchev–Trinajstić information content (AvgIpc) is 3.36. The molecule has 0 radical (unpaired) electrons. The number of H-pyrrole nitrogens is 2. The van der Waals surface area contributed by atoms with Crippen LogP contribution < -0.4 is 9.47 Å². The first-order valence-corrected chi connectivity index (χ1v) is 10.3. The van der Waals surface area contributed by atoms with Crippen LogP contribution in [0, 0.1) is 6.92 Å². The van der Waals surface area contributed by atoms with Crippen LogP contribution in [0.5, 0.6) is 11.5 Å². The lowest BCUT2D eigenvalue weighted by Gasteiger charge is -2.19.